The van der Waals surface area contributed by atoms with E-state index in [0.717, 1.165) is 23.9 Å². The second kappa shape index (κ2) is 8.60. The van der Waals surface area contributed by atoms with Crippen LogP contribution >= 0.6 is 35.6 Å². The highest BCUT2D eigenvalue weighted by molar-refractivity contribution is 8.26. The van der Waals surface area contributed by atoms with Crippen molar-refractivity contribution in [3.8, 4) is 0 Å². The molecule has 0 aliphatic carbocycles. The molecule has 1 N–H and O–H groups in total. The Labute approximate surface area is 177 Å². The average Bonchev–Trinajstić information content (AvgIpc) is 3.23. The predicted octanol–water partition coefficient (Wildman–Crippen LogP) is 5.18. The molecule has 1 aliphatic rings. The summed E-state index contributed by atoms with van der Waals surface area (Å²) in [5, 5.41) is 1.91. The molecule has 0 saturated carbocycles. The van der Waals surface area contributed by atoms with Crippen molar-refractivity contribution in [1.29, 1.82) is 0 Å². The Kier molecular flexibility index (Phi) is 6.35. The van der Waals surface area contributed by atoms with E-state index in [2.05, 4.69) is 5.32 Å². The Bertz CT molecular complexity index is 991. The summed E-state index contributed by atoms with van der Waals surface area (Å²) >= 11 is 11.8. The van der Waals surface area contributed by atoms with E-state index in [0.29, 0.717) is 10.7 Å². The topological polar surface area (TPSA) is 62.6 Å². The van der Waals surface area contributed by atoms with Crippen LogP contribution in [-0.2, 0) is 15.8 Å². The van der Waals surface area contributed by atoms with Gasteiger partial charge in [0, 0.05) is 24.7 Å². The third-order valence-electron chi connectivity index (χ3n) is 3.81. The first-order valence-corrected chi connectivity index (χ1v) is 9.71. The normalized spacial score (nSPS) is 16.0. The van der Waals surface area contributed by atoms with Crippen molar-refractivity contribution in [3.63, 3.8) is 0 Å². The van der Waals surface area contributed by atoms with Crippen LogP contribution in [0.4, 0.5) is 18.9 Å². The van der Waals surface area contributed by atoms with Gasteiger partial charge in [0.15, 0.2) is 0 Å². The van der Waals surface area contributed by atoms with Gasteiger partial charge in [-0.05, 0) is 30.3 Å². The standard InChI is InChI=1S/C18H12ClF3N2O3S2/c19-13-4-3-10(8-12(13)18(20,21)22)23-15(25)5-6-24-16(26)14(29-17(24)28)9-11-2-1-7-27-11/h1-4,7-9H,5-6H2,(H,23,25)/b14-9+. The lowest BCUT2D eigenvalue weighted by atomic mass is 10.2. The van der Waals surface area contributed by atoms with Gasteiger partial charge in [-0.25, -0.2) is 0 Å². The smallest absolute Gasteiger partial charge is 0.417 e. The van der Waals surface area contributed by atoms with Crippen LogP contribution in [0.2, 0.25) is 5.02 Å². The highest BCUT2D eigenvalue weighted by atomic mass is 35.5. The Balaban J connectivity index is 1.61. The largest absolute Gasteiger partial charge is 0.465 e. The second-order valence-electron chi connectivity index (χ2n) is 5.84. The molecule has 2 aromatic rings. The molecule has 1 saturated heterocycles. The number of carbonyl (C=O) groups excluding carboxylic acids is 2. The lowest BCUT2D eigenvalue weighted by Gasteiger charge is -2.15. The molecule has 5 nitrogen and oxygen atoms in total. The minimum atomic E-state index is -4.64. The number of thiocarbonyl (C=S) groups is 1. The van der Waals surface area contributed by atoms with Gasteiger partial charge < -0.3 is 9.73 Å². The molecule has 0 bridgehead atoms. The van der Waals surface area contributed by atoms with Crippen LogP contribution in [0.15, 0.2) is 45.9 Å². The maximum atomic E-state index is 12.9. The van der Waals surface area contributed by atoms with E-state index in [9.17, 15) is 22.8 Å². The number of halogens is 4. The van der Waals surface area contributed by atoms with Crippen molar-refractivity contribution in [1.82, 2.24) is 4.90 Å². The van der Waals surface area contributed by atoms with Crippen LogP contribution in [0.3, 0.4) is 0 Å². The molecule has 0 unspecified atom stereocenters. The molecule has 1 aliphatic heterocycles. The maximum absolute atomic E-state index is 12.9. The lowest BCUT2D eigenvalue weighted by molar-refractivity contribution is -0.137. The number of furan rings is 1. The number of nitrogens with one attached hydrogen (secondary N) is 1. The third-order valence-corrected chi connectivity index (χ3v) is 5.52. The molecule has 29 heavy (non-hydrogen) atoms. The van der Waals surface area contributed by atoms with Crippen LogP contribution in [0.5, 0.6) is 0 Å². The van der Waals surface area contributed by atoms with Crippen LogP contribution in [0, 0.1) is 0 Å². The van der Waals surface area contributed by atoms with Crippen molar-refractivity contribution in [2.75, 3.05) is 11.9 Å². The second-order valence-corrected chi connectivity index (χ2v) is 7.92. The number of benzene rings is 1. The lowest BCUT2D eigenvalue weighted by Crippen LogP contribution is -2.31. The van der Waals surface area contributed by atoms with Gasteiger partial charge in [0.1, 0.15) is 10.1 Å². The van der Waals surface area contributed by atoms with Crippen LogP contribution in [-0.4, -0.2) is 27.6 Å². The highest BCUT2D eigenvalue weighted by Gasteiger charge is 2.34. The molecule has 2 amide bonds. The van der Waals surface area contributed by atoms with E-state index >= 15 is 0 Å². The Morgan fingerprint density at radius 3 is 2.76 bits per heavy atom. The van der Waals surface area contributed by atoms with E-state index in [-0.39, 0.29) is 28.9 Å². The zero-order valence-corrected chi connectivity index (χ0v) is 16.8. The fourth-order valence-corrected chi connectivity index (χ4v) is 3.97. The molecular formula is C18H12ClF3N2O3S2. The Hall–Kier alpha value is -2.30. The predicted molar refractivity (Wildman–Crippen MR) is 108 cm³/mol. The minimum absolute atomic E-state index is 0.00822. The number of anilines is 1. The van der Waals surface area contributed by atoms with Crippen LogP contribution in [0.25, 0.3) is 6.08 Å². The quantitative estimate of drug-likeness (QED) is 0.492. The van der Waals surface area contributed by atoms with Crippen molar-refractivity contribution in [3.05, 3.63) is 57.8 Å². The van der Waals surface area contributed by atoms with Crippen molar-refractivity contribution in [2.45, 2.75) is 12.6 Å². The molecule has 0 radical (unpaired) electrons. The van der Waals surface area contributed by atoms with Gasteiger partial charge in [0.25, 0.3) is 5.91 Å². The summed E-state index contributed by atoms with van der Waals surface area (Å²) in [4.78, 5) is 26.2. The average molecular weight is 461 g/mol. The van der Waals surface area contributed by atoms with Crippen LogP contribution in [0.1, 0.15) is 17.7 Å². The fraction of sp³-hybridized carbons (Fsp3) is 0.167. The molecule has 1 aromatic heterocycles. The Morgan fingerprint density at radius 2 is 2.10 bits per heavy atom. The molecule has 1 fully saturated rings. The molecule has 152 valence electrons. The van der Waals surface area contributed by atoms with Gasteiger partial charge in [0.2, 0.25) is 5.91 Å². The molecule has 0 spiro atoms. The first-order valence-electron chi connectivity index (χ1n) is 8.10. The SMILES string of the molecule is O=C(CCN1C(=O)/C(=C\c2ccco2)SC1=S)Nc1ccc(Cl)c(C(F)(F)F)c1. The summed E-state index contributed by atoms with van der Waals surface area (Å²) in [5.74, 6) is -0.439. The van der Waals surface area contributed by atoms with Gasteiger partial charge in [0.05, 0.1) is 21.8 Å². The number of amides is 2. The first kappa shape index (κ1) is 21.4. The molecule has 1 aromatic carbocycles. The van der Waals surface area contributed by atoms with E-state index in [4.69, 9.17) is 28.2 Å². The summed E-state index contributed by atoms with van der Waals surface area (Å²) in [7, 11) is 0. The van der Waals surface area contributed by atoms with Gasteiger partial charge >= 0.3 is 6.18 Å². The molecule has 3 rings (SSSR count). The highest BCUT2D eigenvalue weighted by Crippen LogP contribution is 2.36. The van der Waals surface area contributed by atoms with Crippen molar-refractivity contribution in [2.24, 2.45) is 0 Å². The monoisotopic (exact) mass is 460 g/mol. The summed E-state index contributed by atoms with van der Waals surface area (Å²) in [6.45, 7) is -0.00822. The number of nitrogens with zero attached hydrogens (tertiary/aromatic N) is 1. The van der Waals surface area contributed by atoms with E-state index in [1.807, 2.05) is 0 Å². The van der Waals surface area contributed by atoms with E-state index in [1.54, 1.807) is 18.2 Å². The number of rotatable bonds is 5. The number of alkyl halides is 3. The van der Waals surface area contributed by atoms with Crippen LogP contribution < -0.4 is 5.32 Å². The number of hydrogen-bond donors (Lipinski definition) is 1. The molecule has 11 heteroatoms. The molecule has 0 atom stereocenters. The maximum Gasteiger partial charge on any atom is 0.417 e. The van der Waals surface area contributed by atoms with Gasteiger partial charge in [-0.3, -0.25) is 14.5 Å². The van der Waals surface area contributed by atoms with E-state index in [1.165, 1.54) is 17.2 Å². The minimum Gasteiger partial charge on any atom is -0.465 e. The Morgan fingerprint density at radius 1 is 1.34 bits per heavy atom. The number of thioether (sulfide) groups is 1. The fourth-order valence-electron chi connectivity index (χ4n) is 2.45. The molecule has 2 heterocycles. The van der Waals surface area contributed by atoms with Crippen molar-refractivity contribution >= 4 is 63.5 Å². The number of hydrogen-bond acceptors (Lipinski definition) is 5. The van der Waals surface area contributed by atoms with Gasteiger partial charge in [-0.2, -0.15) is 13.2 Å². The number of carbonyl (C=O) groups is 2. The summed E-state index contributed by atoms with van der Waals surface area (Å²) in [6, 6.07) is 6.44. The summed E-state index contributed by atoms with van der Waals surface area (Å²) < 4.78 is 44.2. The van der Waals surface area contributed by atoms with E-state index < -0.39 is 22.7 Å². The third kappa shape index (κ3) is 5.20. The zero-order valence-electron chi connectivity index (χ0n) is 14.5. The molecular weight excluding hydrogens is 449 g/mol. The zero-order chi connectivity index (χ0) is 21.2. The van der Waals surface area contributed by atoms with Gasteiger partial charge in [-0.1, -0.05) is 35.6 Å². The summed E-state index contributed by atoms with van der Waals surface area (Å²) in [6.07, 6.45) is -1.77. The summed E-state index contributed by atoms with van der Waals surface area (Å²) in [5.41, 5.74) is -1.09. The van der Waals surface area contributed by atoms with Crippen molar-refractivity contribution < 1.29 is 27.2 Å². The first-order chi connectivity index (χ1) is 13.6. The van der Waals surface area contributed by atoms with Gasteiger partial charge in [-0.15, -0.1) is 0 Å².